The summed E-state index contributed by atoms with van der Waals surface area (Å²) in [6.45, 7) is 9.82. The third-order valence-electron chi connectivity index (χ3n) is 1.99. The van der Waals surface area contributed by atoms with Gasteiger partial charge in [0.15, 0.2) is 12.6 Å². The lowest BCUT2D eigenvalue weighted by molar-refractivity contribution is -0.246. The second-order valence-corrected chi connectivity index (χ2v) is 3.55. The summed E-state index contributed by atoms with van der Waals surface area (Å²) >= 11 is 0. The molecule has 0 aliphatic heterocycles. The first-order valence-electron chi connectivity index (χ1n) is 6.17. The molecule has 0 aromatic rings. The van der Waals surface area contributed by atoms with E-state index in [9.17, 15) is 0 Å². The summed E-state index contributed by atoms with van der Waals surface area (Å²) in [6, 6.07) is 0. The van der Waals surface area contributed by atoms with Gasteiger partial charge < -0.3 is 14.2 Å². The van der Waals surface area contributed by atoms with Crippen molar-refractivity contribution in [3.8, 4) is 0 Å². The fourth-order valence-electron chi connectivity index (χ4n) is 1.17. The zero-order valence-corrected chi connectivity index (χ0v) is 10.6. The zero-order valence-electron chi connectivity index (χ0n) is 10.6. The molecule has 0 aliphatic carbocycles. The van der Waals surface area contributed by atoms with E-state index in [1.54, 1.807) is 0 Å². The van der Waals surface area contributed by atoms with E-state index in [1.165, 1.54) is 0 Å². The highest BCUT2D eigenvalue weighted by atomic mass is 16.8. The molecule has 0 spiro atoms. The second kappa shape index (κ2) is 10.4. The van der Waals surface area contributed by atoms with Gasteiger partial charge in [-0.2, -0.15) is 0 Å². The van der Waals surface area contributed by atoms with Gasteiger partial charge in [-0.25, -0.2) is 0 Å². The van der Waals surface area contributed by atoms with Gasteiger partial charge in [0.2, 0.25) is 0 Å². The van der Waals surface area contributed by atoms with Gasteiger partial charge >= 0.3 is 0 Å². The van der Waals surface area contributed by atoms with E-state index in [-0.39, 0.29) is 12.6 Å². The van der Waals surface area contributed by atoms with Crippen LogP contribution in [0.3, 0.4) is 0 Å². The molecule has 0 aliphatic rings. The van der Waals surface area contributed by atoms with E-state index in [0.29, 0.717) is 0 Å². The van der Waals surface area contributed by atoms with Crippen LogP contribution in [0.25, 0.3) is 0 Å². The van der Waals surface area contributed by atoms with Crippen molar-refractivity contribution in [3.63, 3.8) is 0 Å². The Morgan fingerprint density at radius 3 is 1.40 bits per heavy atom. The van der Waals surface area contributed by atoms with Crippen molar-refractivity contribution >= 4 is 0 Å². The van der Waals surface area contributed by atoms with E-state index in [2.05, 4.69) is 27.7 Å². The van der Waals surface area contributed by atoms with E-state index in [0.717, 1.165) is 38.9 Å². The van der Waals surface area contributed by atoms with Crippen LogP contribution in [0.15, 0.2) is 0 Å². The van der Waals surface area contributed by atoms with Crippen LogP contribution in [-0.4, -0.2) is 25.8 Å². The van der Waals surface area contributed by atoms with Gasteiger partial charge in [-0.1, -0.05) is 27.7 Å². The maximum absolute atomic E-state index is 5.71. The van der Waals surface area contributed by atoms with Crippen molar-refractivity contribution in [1.82, 2.24) is 0 Å². The summed E-state index contributed by atoms with van der Waals surface area (Å²) in [6.07, 6.45) is 3.54. The Bertz CT molecular complexity index is 114. The zero-order chi connectivity index (χ0) is 11.5. The molecule has 0 fully saturated rings. The summed E-state index contributed by atoms with van der Waals surface area (Å²) in [5, 5.41) is 0. The predicted molar refractivity (Wildman–Crippen MR) is 61.7 cm³/mol. The molecular weight excluding hydrogens is 192 g/mol. The smallest absolute Gasteiger partial charge is 0.160 e. The number of ether oxygens (including phenoxy) is 3. The Labute approximate surface area is 94.1 Å². The van der Waals surface area contributed by atoms with Gasteiger partial charge in [0.05, 0.1) is 0 Å². The highest BCUT2D eigenvalue weighted by Crippen LogP contribution is 2.09. The van der Waals surface area contributed by atoms with Crippen LogP contribution in [0, 0.1) is 0 Å². The van der Waals surface area contributed by atoms with E-state index in [4.69, 9.17) is 14.2 Å². The molecule has 0 aromatic carbocycles. The Morgan fingerprint density at radius 2 is 1.13 bits per heavy atom. The summed E-state index contributed by atoms with van der Waals surface area (Å²) < 4.78 is 16.8. The Kier molecular flexibility index (Phi) is 10.3. The first-order valence-corrected chi connectivity index (χ1v) is 6.17. The van der Waals surface area contributed by atoms with Crippen LogP contribution < -0.4 is 0 Å². The minimum atomic E-state index is -0.119. The normalized spacial score (nSPS) is 15.2. The highest BCUT2D eigenvalue weighted by molar-refractivity contribution is 4.46. The molecule has 92 valence electrons. The molecule has 0 saturated heterocycles. The fourth-order valence-corrected chi connectivity index (χ4v) is 1.17. The predicted octanol–water partition coefficient (Wildman–Crippen LogP) is 3.33. The summed E-state index contributed by atoms with van der Waals surface area (Å²) in [4.78, 5) is 0. The topological polar surface area (TPSA) is 27.7 Å². The molecule has 0 radical (unpaired) electrons. The van der Waals surface area contributed by atoms with Crippen LogP contribution in [-0.2, 0) is 14.2 Å². The van der Waals surface area contributed by atoms with Crippen molar-refractivity contribution in [2.24, 2.45) is 0 Å². The monoisotopic (exact) mass is 218 g/mol. The van der Waals surface area contributed by atoms with Gasteiger partial charge in [0.25, 0.3) is 0 Å². The maximum Gasteiger partial charge on any atom is 0.160 e. The molecule has 0 amide bonds. The van der Waals surface area contributed by atoms with Crippen LogP contribution in [0.2, 0.25) is 0 Å². The molecule has 0 aromatic heterocycles. The van der Waals surface area contributed by atoms with Crippen LogP contribution in [0.1, 0.15) is 53.4 Å². The van der Waals surface area contributed by atoms with Crippen LogP contribution >= 0.6 is 0 Å². The largest absolute Gasteiger partial charge is 0.353 e. The fraction of sp³-hybridized carbons (Fsp3) is 1.00. The molecule has 15 heavy (non-hydrogen) atoms. The van der Waals surface area contributed by atoms with Crippen molar-refractivity contribution in [2.45, 2.75) is 66.0 Å². The van der Waals surface area contributed by atoms with E-state index in [1.807, 2.05) is 0 Å². The molecule has 2 atom stereocenters. The number of rotatable bonds is 10. The molecule has 0 bridgehead atoms. The standard InChI is InChI=1S/C12H26O3/c1-5-9-13-11(7-3)15-12(8-4)14-10-6-2/h11-12H,5-10H2,1-4H3. The average Bonchev–Trinajstić information content (AvgIpc) is 2.28. The molecule has 0 rings (SSSR count). The maximum atomic E-state index is 5.71. The first kappa shape index (κ1) is 14.9. The van der Waals surface area contributed by atoms with Gasteiger partial charge in [0, 0.05) is 13.2 Å². The minimum absolute atomic E-state index is 0.119. The summed E-state index contributed by atoms with van der Waals surface area (Å²) in [5.74, 6) is 0. The SMILES string of the molecule is CCCOC(CC)OC(CC)OCCC. The molecule has 2 unspecified atom stereocenters. The Morgan fingerprint density at radius 1 is 0.733 bits per heavy atom. The highest BCUT2D eigenvalue weighted by Gasteiger charge is 2.13. The van der Waals surface area contributed by atoms with Gasteiger partial charge in [-0.3, -0.25) is 0 Å². The number of hydrogen-bond donors (Lipinski definition) is 0. The molecule has 0 heterocycles. The third kappa shape index (κ3) is 7.77. The number of hydrogen-bond acceptors (Lipinski definition) is 3. The lowest BCUT2D eigenvalue weighted by Crippen LogP contribution is -2.26. The lowest BCUT2D eigenvalue weighted by Gasteiger charge is -2.23. The Balaban J connectivity index is 3.77. The van der Waals surface area contributed by atoms with E-state index >= 15 is 0 Å². The molecular formula is C12H26O3. The van der Waals surface area contributed by atoms with Gasteiger partial charge in [-0.15, -0.1) is 0 Å². The van der Waals surface area contributed by atoms with Crippen molar-refractivity contribution in [1.29, 1.82) is 0 Å². The minimum Gasteiger partial charge on any atom is -0.353 e. The average molecular weight is 218 g/mol. The Hall–Kier alpha value is -0.120. The summed E-state index contributed by atoms with van der Waals surface area (Å²) in [5.41, 5.74) is 0. The van der Waals surface area contributed by atoms with Crippen molar-refractivity contribution in [2.75, 3.05) is 13.2 Å². The van der Waals surface area contributed by atoms with Gasteiger partial charge in [0.1, 0.15) is 0 Å². The lowest BCUT2D eigenvalue weighted by atomic mass is 10.4. The quantitative estimate of drug-likeness (QED) is 0.526. The molecule has 3 nitrogen and oxygen atoms in total. The molecule has 0 saturated carbocycles. The van der Waals surface area contributed by atoms with Crippen LogP contribution in [0.5, 0.6) is 0 Å². The molecule has 3 heteroatoms. The van der Waals surface area contributed by atoms with Crippen molar-refractivity contribution < 1.29 is 14.2 Å². The molecule has 0 N–H and O–H groups in total. The second-order valence-electron chi connectivity index (χ2n) is 3.55. The van der Waals surface area contributed by atoms with Gasteiger partial charge in [-0.05, 0) is 25.7 Å². The first-order chi connectivity index (χ1) is 7.28. The summed E-state index contributed by atoms with van der Waals surface area (Å²) in [7, 11) is 0. The van der Waals surface area contributed by atoms with E-state index < -0.39 is 0 Å². The third-order valence-corrected chi connectivity index (χ3v) is 1.99. The van der Waals surface area contributed by atoms with Crippen molar-refractivity contribution in [3.05, 3.63) is 0 Å². The van der Waals surface area contributed by atoms with Crippen LogP contribution in [0.4, 0.5) is 0 Å².